The van der Waals surface area contributed by atoms with E-state index in [1.165, 1.54) is 21.6 Å². The molecule has 0 aliphatic carbocycles. The fraction of sp³-hybridized carbons (Fsp3) is 0. The Kier molecular flexibility index (Phi) is 8.50. The van der Waals surface area contributed by atoms with Crippen LogP contribution in [0.1, 0.15) is 0 Å². The molecule has 0 saturated heterocycles. The zero-order valence-electron chi connectivity index (χ0n) is 3.20. The molecule has 0 amide bonds. The molecule has 5 heteroatoms. The molecule has 0 bridgehead atoms. The molecule has 0 aromatic carbocycles. The monoisotopic (exact) mass is 186 g/mol. The van der Waals surface area contributed by atoms with Crippen molar-refractivity contribution in [2.75, 3.05) is 0 Å². The van der Waals surface area contributed by atoms with Gasteiger partial charge in [0.25, 0.3) is 0 Å². The van der Waals surface area contributed by atoms with Crippen molar-refractivity contribution >= 4 is 65.2 Å². The third-order valence-corrected chi connectivity index (χ3v) is 4.24. The molecule has 0 rings (SSSR count). The molecular weight excluding hydrogens is 184 g/mol. The van der Waals surface area contributed by atoms with Gasteiger partial charge < -0.3 is 0 Å². The highest BCUT2D eigenvalue weighted by Crippen LogP contribution is 2.30. The minimum absolute atomic E-state index is 1.50. The van der Waals surface area contributed by atoms with Gasteiger partial charge in [0.1, 0.15) is 0 Å². The van der Waals surface area contributed by atoms with Crippen molar-refractivity contribution in [3.63, 3.8) is 0 Å². The van der Waals surface area contributed by atoms with Crippen LogP contribution in [0.2, 0.25) is 0 Å². The van der Waals surface area contributed by atoms with E-state index < -0.39 is 0 Å². The summed E-state index contributed by atoms with van der Waals surface area (Å²) in [5, 5.41) is 0. The molecule has 0 fully saturated rings. The Morgan fingerprint density at radius 1 is 1.00 bits per heavy atom. The molecule has 0 atom stereocenters. The van der Waals surface area contributed by atoms with Gasteiger partial charge in [0, 0.05) is 9.40 Å². The zero-order valence-corrected chi connectivity index (χ0v) is 7.28. The smallest absolute Gasteiger partial charge is 0.0460 e. The summed E-state index contributed by atoms with van der Waals surface area (Å²) in [6, 6.07) is 0. The highest BCUT2D eigenvalue weighted by atomic mass is 33.5. The molecule has 0 aliphatic heterocycles. The maximum atomic E-state index is 4.52. The molecular formula is C2H2S5. The number of hydrogen-bond acceptors (Lipinski definition) is 5. The summed E-state index contributed by atoms with van der Waals surface area (Å²) >= 11 is 9.04. The van der Waals surface area contributed by atoms with E-state index in [2.05, 4.69) is 24.4 Å². The second-order valence-corrected chi connectivity index (χ2v) is 5.30. The molecule has 0 aromatic rings. The van der Waals surface area contributed by atoms with Gasteiger partial charge in [0.2, 0.25) is 0 Å². The summed E-state index contributed by atoms with van der Waals surface area (Å²) in [6.45, 7) is 0. The first kappa shape index (κ1) is 8.23. The molecule has 0 spiro atoms. The second kappa shape index (κ2) is 7.23. The fourth-order valence-electron chi connectivity index (χ4n) is 0.0548. The third-order valence-electron chi connectivity index (χ3n) is 0.157. The maximum absolute atomic E-state index is 4.52. The molecule has 0 unspecified atom stereocenters. The minimum Gasteiger partial charge on any atom is -0.0803 e. The van der Waals surface area contributed by atoms with Gasteiger partial charge in [-0.1, -0.05) is 24.4 Å². The molecule has 0 radical (unpaired) electrons. The van der Waals surface area contributed by atoms with Crippen molar-refractivity contribution in [3.05, 3.63) is 0 Å². The van der Waals surface area contributed by atoms with E-state index >= 15 is 0 Å². The van der Waals surface area contributed by atoms with Crippen molar-refractivity contribution in [1.29, 1.82) is 0 Å². The zero-order chi connectivity index (χ0) is 5.54. The first-order valence-electron chi connectivity index (χ1n) is 1.28. The molecule has 0 aromatic heterocycles. The van der Waals surface area contributed by atoms with Gasteiger partial charge in [-0.25, -0.2) is 0 Å². The van der Waals surface area contributed by atoms with Crippen molar-refractivity contribution in [1.82, 2.24) is 0 Å². The second-order valence-electron chi connectivity index (χ2n) is 0.453. The Labute approximate surface area is 65.0 Å². The Hall–Kier alpha value is 1.23. The molecule has 7 heavy (non-hydrogen) atoms. The van der Waals surface area contributed by atoms with Gasteiger partial charge in [-0.2, -0.15) is 0 Å². The Bertz CT molecular complexity index is 51.1. The Morgan fingerprint density at radius 2 is 1.43 bits per heavy atom. The van der Waals surface area contributed by atoms with Crippen LogP contribution in [0.5, 0.6) is 0 Å². The number of hydrogen-bond donors (Lipinski definition) is 0. The van der Waals surface area contributed by atoms with Crippen LogP contribution in [-0.4, -0.2) is 9.40 Å². The Morgan fingerprint density at radius 3 is 1.71 bits per heavy atom. The molecule has 0 nitrogen and oxygen atoms in total. The third kappa shape index (κ3) is 7.23. The van der Waals surface area contributed by atoms with Gasteiger partial charge in [-0.3, -0.25) is 0 Å². The average Bonchev–Trinajstić information content (AvgIpc) is 1.69. The predicted octanol–water partition coefficient (Wildman–Crippen LogP) is 2.93. The van der Waals surface area contributed by atoms with Gasteiger partial charge in [0.15, 0.2) is 0 Å². The van der Waals surface area contributed by atoms with E-state index in [4.69, 9.17) is 0 Å². The lowest BCUT2D eigenvalue weighted by Crippen LogP contribution is -1.42. The molecule has 0 aliphatic rings. The van der Waals surface area contributed by atoms with E-state index in [0.29, 0.717) is 0 Å². The van der Waals surface area contributed by atoms with E-state index in [9.17, 15) is 0 Å². The lowest BCUT2D eigenvalue weighted by molar-refractivity contribution is 4.45. The lowest BCUT2D eigenvalue weighted by Gasteiger charge is -1.80. The highest BCUT2D eigenvalue weighted by Gasteiger charge is 1.77. The van der Waals surface area contributed by atoms with Crippen molar-refractivity contribution < 1.29 is 0 Å². The molecule has 40 valence electrons. The Balaban J connectivity index is 2.68. The van der Waals surface area contributed by atoms with E-state index in [1.807, 2.05) is 0 Å². The van der Waals surface area contributed by atoms with Gasteiger partial charge in [-0.15, -0.1) is 0 Å². The minimum atomic E-state index is 1.50. The molecule has 0 saturated carbocycles. The number of thiocarbonyl (C=S) groups is 2. The van der Waals surface area contributed by atoms with Gasteiger partial charge in [-0.05, 0) is 31.4 Å². The van der Waals surface area contributed by atoms with Crippen LogP contribution in [0.4, 0.5) is 0 Å². The van der Waals surface area contributed by atoms with Crippen LogP contribution in [0.25, 0.3) is 0 Å². The van der Waals surface area contributed by atoms with Gasteiger partial charge >= 0.3 is 0 Å². The fourth-order valence-corrected chi connectivity index (χ4v) is 3.21. The predicted molar refractivity (Wildman–Crippen MR) is 50.1 cm³/mol. The molecule has 0 N–H and O–H groups in total. The van der Waals surface area contributed by atoms with E-state index in [1.54, 1.807) is 19.2 Å². The van der Waals surface area contributed by atoms with Crippen LogP contribution >= 0.6 is 55.8 Å². The van der Waals surface area contributed by atoms with E-state index in [-0.39, 0.29) is 0 Å². The van der Waals surface area contributed by atoms with Crippen LogP contribution < -0.4 is 0 Å². The van der Waals surface area contributed by atoms with Crippen LogP contribution in [-0.2, 0) is 0 Å². The standard InChI is InChI=1S/C2H2S5/c3-1-5-7-6-2-4/h1-2H. The first-order chi connectivity index (χ1) is 3.41. The topological polar surface area (TPSA) is 0 Å². The number of rotatable bonds is 4. The summed E-state index contributed by atoms with van der Waals surface area (Å²) in [7, 11) is 4.58. The van der Waals surface area contributed by atoms with Crippen LogP contribution in [0, 0.1) is 0 Å². The highest BCUT2D eigenvalue weighted by molar-refractivity contribution is 9.14. The summed E-state index contributed by atoms with van der Waals surface area (Å²) in [4.78, 5) is 0. The van der Waals surface area contributed by atoms with Crippen molar-refractivity contribution in [2.24, 2.45) is 0 Å². The summed E-state index contributed by atoms with van der Waals surface area (Å²) < 4.78 is 3.22. The van der Waals surface area contributed by atoms with E-state index in [0.717, 1.165) is 0 Å². The van der Waals surface area contributed by atoms with Gasteiger partial charge in [0.05, 0.1) is 0 Å². The normalized spacial score (nSPS) is 8.00. The largest absolute Gasteiger partial charge is 0.0803 e. The molecule has 0 heterocycles. The summed E-state index contributed by atoms with van der Waals surface area (Å²) in [5.74, 6) is 0. The lowest BCUT2D eigenvalue weighted by atomic mass is 11.9. The van der Waals surface area contributed by atoms with Crippen LogP contribution in [0.15, 0.2) is 0 Å². The summed E-state index contributed by atoms with van der Waals surface area (Å²) in [6.07, 6.45) is 0. The van der Waals surface area contributed by atoms with Crippen molar-refractivity contribution in [3.8, 4) is 0 Å². The van der Waals surface area contributed by atoms with Crippen molar-refractivity contribution in [2.45, 2.75) is 0 Å². The maximum Gasteiger partial charge on any atom is 0.0460 e. The average molecular weight is 186 g/mol. The SMILES string of the molecule is S=CSSSC=S. The quantitative estimate of drug-likeness (QED) is 0.375. The summed E-state index contributed by atoms with van der Waals surface area (Å²) in [5.41, 5.74) is 0. The first-order valence-corrected chi connectivity index (χ1v) is 5.83. The van der Waals surface area contributed by atoms with Crippen LogP contribution in [0.3, 0.4) is 0 Å².